The number of anilines is 1. The van der Waals surface area contributed by atoms with Crippen LogP contribution in [0.25, 0.3) is 0 Å². The molecule has 1 aromatic rings. The number of nitrogens with two attached hydrogens (primary N) is 1. The van der Waals surface area contributed by atoms with Crippen molar-refractivity contribution in [1.29, 1.82) is 0 Å². The van der Waals surface area contributed by atoms with Crippen LogP contribution in [-0.2, 0) is 0 Å². The largest absolute Gasteiger partial charge is 0.396 e. The highest BCUT2D eigenvalue weighted by Gasteiger charge is 1.95. The van der Waals surface area contributed by atoms with Crippen LogP contribution >= 0.6 is 8.19 Å². The van der Waals surface area contributed by atoms with Gasteiger partial charge in [-0.25, -0.2) is 0 Å². The van der Waals surface area contributed by atoms with Crippen LogP contribution in [0.3, 0.4) is 0 Å². The normalized spacial score (nSPS) is 10.8. The van der Waals surface area contributed by atoms with Crippen LogP contribution in [0, 0.1) is 13.8 Å². The lowest BCUT2D eigenvalue weighted by atomic mass is 10.2. The lowest BCUT2D eigenvalue weighted by Gasteiger charge is -1.88. The molecule has 2 N–H and O–H groups in total. The quantitative estimate of drug-likeness (QED) is 0.566. The third-order valence-electron chi connectivity index (χ3n) is 1.44. The molecule has 1 nitrogen and oxygen atoms in total. The SMILES string of the molecule is Cc1c[pH]c(N)c1C. The number of hydrogen-bond donors (Lipinski definition) is 1. The van der Waals surface area contributed by atoms with Crippen LogP contribution in [0.2, 0.25) is 0 Å². The van der Waals surface area contributed by atoms with Crippen LogP contribution in [0.5, 0.6) is 0 Å². The minimum absolute atomic E-state index is 0.738. The molecule has 0 aliphatic rings. The van der Waals surface area contributed by atoms with E-state index in [1.54, 1.807) is 0 Å². The van der Waals surface area contributed by atoms with E-state index in [1.165, 1.54) is 11.1 Å². The summed E-state index contributed by atoms with van der Waals surface area (Å²) < 4.78 is 0. The maximum atomic E-state index is 5.61. The molecule has 0 amide bonds. The molecule has 0 aromatic carbocycles. The van der Waals surface area contributed by atoms with Gasteiger partial charge >= 0.3 is 0 Å². The summed E-state index contributed by atoms with van der Waals surface area (Å²) >= 11 is 0. The summed E-state index contributed by atoms with van der Waals surface area (Å²) in [6.45, 7) is 4.17. The standard InChI is InChI=1S/C6H10NP/c1-4-3-8-6(7)5(4)2/h3,8H,7H2,1-2H3. The number of hydrogen-bond acceptors (Lipinski definition) is 1. The number of nitrogen functional groups attached to an aromatic ring is 1. The number of rotatable bonds is 0. The summed E-state index contributed by atoms with van der Waals surface area (Å²) in [5.74, 6) is 2.19. The molecule has 1 heterocycles. The van der Waals surface area contributed by atoms with Gasteiger partial charge in [0.2, 0.25) is 0 Å². The zero-order valence-electron chi connectivity index (χ0n) is 5.15. The molecule has 44 valence electrons. The van der Waals surface area contributed by atoms with Gasteiger partial charge in [-0.15, -0.1) is 8.19 Å². The van der Waals surface area contributed by atoms with Crippen molar-refractivity contribution in [1.82, 2.24) is 0 Å². The summed E-state index contributed by atoms with van der Waals surface area (Å²) in [4.78, 5) is 0. The van der Waals surface area contributed by atoms with Crippen LogP contribution in [-0.4, -0.2) is 0 Å². The number of aryl methyl sites for hydroxylation is 1. The summed E-state index contributed by atoms with van der Waals surface area (Å²) in [7, 11) is 0.738. The van der Waals surface area contributed by atoms with Gasteiger partial charge in [-0.2, -0.15) is 0 Å². The Morgan fingerprint density at radius 1 is 1.50 bits per heavy atom. The van der Waals surface area contributed by atoms with Gasteiger partial charge in [0.15, 0.2) is 0 Å². The highest BCUT2D eigenvalue weighted by atomic mass is 31.0. The molecule has 0 radical (unpaired) electrons. The summed E-state index contributed by atoms with van der Waals surface area (Å²) in [6, 6.07) is 0. The molecule has 0 aliphatic carbocycles. The van der Waals surface area contributed by atoms with Crippen molar-refractivity contribution in [2.24, 2.45) is 0 Å². The monoisotopic (exact) mass is 127 g/mol. The summed E-state index contributed by atoms with van der Waals surface area (Å²) in [5.41, 5.74) is 9.30. The Hall–Kier alpha value is -0.420. The molecule has 1 rings (SSSR count). The van der Waals surface area contributed by atoms with E-state index in [1.807, 2.05) is 0 Å². The molecular weight excluding hydrogens is 117 g/mol. The zero-order chi connectivity index (χ0) is 6.15. The van der Waals surface area contributed by atoms with Gasteiger partial charge in [0.05, 0.1) is 5.42 Å². The van der Waals surface area contributed by atoms with E-state index in [9.17, 15) is 0 Å². The van der Waals surface area contributed by atoms with Gasteiger partial charge in [0.25, 0.3) is 0 Å². The highest BCUT2D eigenvalue weighted by Crippen LogP contribution is 2.26. The highest BCUT2D eigenvalue weighted by molar-refractivity contribution is 7.34. The lowest BCUT2D eigenvalue weighted by Crippen LogP contribution is -1.80. The second-order valence-corrected chi connectivity index (χ2v) is 3.13. The average molecular weight is 127 g/mol. The van der Waals surface area contributed by atoms with Crippen molar-refractivity contribution in [2.45, 2.75) is 13.8 Å². The molecule has 0 bridgehead atoms. The van der Waals surface area contributed by atoms with Gasteiger partial charge in [-0.1, -0.05) is 0 Å². The van der Waals surface area contributed by atoms with E-state index in [4.69, 9.17) is 5.73 Å². The second kappa shape index (κ2) is 1.83. The Balaban J connectivity index is 3.19. The fraction of sp³-hybridized carbons (Fsp3) is 0.333. The predicted molar refractivity (Wildman–Crippen MR) is 39.8 cm³/mol. The van der Waals surface area contributed by atoms with Gasteiger partial charge in [0, 0.05) is 0 Å². The Labute approximate surface area is 51.0 Å². The molecule has 0 fully saturated rings. The smallest absolute Gasteiger partial charge is 0.0510 e. The fourth-order valence-electron chi connectivity index (χ4n) is 0.615. The van der Waals surface area contributed by atoms with Crippen LogP contribution in [0.1, 0.15) is 11.1 Å². The lowest BCUT2D eigenvalue weighted by molar-refractivity contribution is 1.41. The Kier molecular flexibility index (Phi) is 1.31. The van der Waals surface area contributed by atoms with Crippen molar-refractivity contribution in [3.63, 3.8) is 0 Å². The first-order chi connectivity index (χ1) is 3.72. The maximum Gasteiger partial charge on any atom is 0.0510 e. The first kappa shape index (κ1) is 5.71. The fourth-order valence-corrected chi connectivity index (χ4v) is 1.62. The first-order valence-electron chi connectivity index (χ1n) is 2.62. The Morgan fingerprint density at radius 2 is 2.12 bits per heavy atom. The van der Waals surface area contributed by atoms with E-state index in [2.05, 4.69) is 19.6 Å². The molecule has 0 aliphatic heterocycles. The average Bonchev–Trinajstić information content (AvgIpc) is 1.98. The molecule has 0 saturated heterocycles. The molecule has 1 atom stereocenters. The second-order valence-electron chi connectivity index (χ2n) is 2.01. The molecule has 0 saturated carbocycles. The van der Waals surface area contributed by atoms with Gasteiger partial charge in [0.1, 0.15) is 0 Å². The summed E-state index contributed by atoms with van der Waals surface area (Å²) in [6.07, 6.45) is 0. The molecule has 0 spiro atoms. The van der Waals surface area contributed by atoms with E-state index in [-0.39, 0.29) is 0 Å². The van der Waals surface area contributed by atoms with E-state index >= 15 is 0 Å². The van der Waals surface area contributed by atoms with Gasteiger partial charge in [-0.3, -0.25) is 0 Å². The molecule has 1 aromatic heterocycles. The van der Waals surface area contributed by atoms with E-state index in [0.717, 1.165) is 13.6 Å². The van der Waals surface area contributed by atoms with Gasteiger partial charge < -0.3 is 5.73 Å². The van der Waals surface area contributed by atoms with Crippen molar-refractivity contribution >= 4 is 13.6 Å². The van der Waals surface area contributed by atoms with Crippen molar-refractivity contribution in [3.8, 4) is 0 Å². The Bertz CT molecular complexity index is 171. The summed E-state index contributed by atoms with van der Waals surface area (Å²) in [5, 5.41) is 0. The van der Waals surface area contributed by atoms with Crippen LogP contribution in [0.15, 0.2) is 5.80 Å². The minimum atomic E-state index is 0.738. The minimum Gasteiger partial charge on any atom is -0.396 e. The zero-order valence-corrected chi connectivity index (χ0v) is 6.15. The van der Waals surface area contributed by atoms with E-state index in [0.29, 0.717) is 0 Å². The van der Waals surface area contributed by atoms with Crippen molar-refractivity contribution in [2.75, 3.05) is 5.73 Å². The topological polar surface area (TPSA) is 26.0 Å². The third-order valence-corrected chi connectivity index (χ3v) is 2.70. The van der Waals surface area contributed by atoms with Gasteiger partial charge in [-0.05, 0) is 30.8 Å². The first-order valence-corrected chi connectivity index (χ1v) is 3.69. The maximum absolute atomic E-state index is 5.61. The molecule has 2 heteroatoms. The van der Waals surface area contributed by atoms with Crippen molar-refractivity contribution < 1.29 is 0 Å². The third kappa shape index (κ3) is 0.740. The van der Waals surface area contributed by atoms with E-state index < -0.39 is 0 Å². The predicted octanol–water partition coefficient (Wildman–Crippen LogP) is 1.92. The molecule has 1 unspecified atom stereocenters. The van der Waals surface area contributed by atoms with Crippen LogP contribution < -0.4 is 5.73 Å². The Morgan fingerprint density at radius 3 is 2.25 bits per heavy atom. The molecular formula is C6H10NP. The molecule has 8 heavy (non-hydrogen) atoms. The van der Waals surface area contributed by atoms with Crippen molar-refractivity contribution in [3.05, 3.63) is 16.9 Å². The van der Waals surface area contributed by atoms with Crippen LogP contribution in [0.4, 0.5) is 5.42 Å².